The number of hydrogen-bond donors (Lipinski definition) is 1. The van der Waals surface area contributed by atoms with Crippen LogP contribution in [0.5, 0.6) is 0 Å². The molecule has 0 aliphatic carbocycles. The Labute approximate surface area is 160 Å². The van der Waals surface area contributed by atoms with Gasteiger partial charge in [0.2, 0.25) is 5.91 Å². The summed E-state index contributed by atoms with van der Waals surface area (Å²) in [5, 5.41) is 5.28. The molecule has 0 radical (unpaired) electrons. The van der Waals surface area contributed by atoms with Gasteiger partial charge >= 0.3 is 0 Å². The van der Waals surface area contributed by atoms with Crippen molar-refractivity contribution >= 4 is 17.2 Å². The van der Waals surface area contributed by atoms with Crippen molar-refractivity contribution in [3.8, 4) is 0 Å². The van der Waals surface area contributed by atoms with E-state index in [1.54, 1.807) is 0 Å². The SMILES string of the molecule is Cc1ccc(C(C)NC(=O)CN2CCN(Cc3cccs3)CC2)cc1C. The normalized spacial score (nSPS) is 17.2. The number of hydrogen-bond acceptors (Lipinski definition) is 4. The van der Waals surface area contributed by atoms with Crippen molar-refractivity contribution in [2.24, 2.45) is 0 Å². The van der Waals surface area contributed by atoms with Gasteiger partial charge < -0.3 is 5.32 Å². The van der Waals surface area contributed by atoms with Gasteiger partial charge in [0.25, 0.3) is 0 Å². The van der Waals surface area contributed by atoms with E-state index in [2.05, 4.69) is 71.6 Å². The smallest absolute Gasteiger partial charge is 0.234 e. The Morgan fingerprint density at radius 1 is 1.12 bits per heavy atom. The highest BCUT2D eigenvalue weighted by atomic mass is 32.1. The van der Waals surface area contributed by atoms with Crippen molar-refractivity contribution in [3.05, 3.63) is 57.3 Å². The molecule has 1 unspecified atom stereocenters. The third-order valence-corrected chi connectivity index (χ3v) is 6.06. The summed E-state index contributed by atoms with van der Waals surface area (Å²) >= 11 is 1.82. The first-order valence-corrected chi connectivity index (χ1v) is 10.2. The summed E-state index contributed by atoms with van der Waals surface area (Å²) in [5.74, 6) is 0.113. The number of carbonyl (C=O) groups is 1. The zero-order valence-electron chi connectivity index (χ0n) is 16.0. The molecule has 4 nitrogen and oxygen atoms in total. The Balaban J connectivity index is 1.43. The molecule has 1 N–H and O–H groups in total. The highest BCUT2D eigenvalue weighted by molar-refractivity contribution is 7.09. The predicted octanol–water partition coefficient (Wildman–Crippen LogP) is 3.36. The summed E-state index contributed by atoms with van der Waals surface area (Å²) < 4.78 is 0. The fourth-order valence-corrected chi connectivity index (χ4v) is 4.08. The van der Waals surface area contributed by atoms with E-state index in [1.807, 2.05) is 11.3 Å². The lowest BCUT2D eigenvalue weighted by Crippen LogP contribution is -2.49. The van der Waals surface area contributed by atoms with Crippen LogP contribution in [-0.2, 0) is 11.3 Å². The lowest BCUT2D eigenvalue weighted by atomic mass is 10.0. The third-order valence-electron chi connectivity index (χ3n) is 5.20. The van der Waals surface area contributed by atoms with Crippen LogP contribution in [-0.4, -0.2) is 48.4 Å². The number of piperazine rings is 1. The minimum absolute atomic E-state index is 0.0434. The predicted molar refractivity (Wildman–Crippen MR) is 109 cm³/mol. The van der Waals surface area contributed by atoms with Crippen LogP contribution in [0.15, 0.2) is 35.7 Å². The molecule has 140 valence electrons. The maximum Gasteiger partial charge on any atom is 0.234 e. The number of rotatable bonds is 6. The number of thiophene rings is 1. The molecule has 5 heteroatoms. The molecule has 1 fully saturated rings. The summed E-state index contributed by atoms with van der Waals surface area (Å²) in [4.78, 5) is 18.6. The molecule has 1 aromatic heterocycles. The van der Waals surface area contributed by atoms with E-state index >= 15 is 0 Å². The maximum atomic E-state index is 12.4. The maximum absolute atomic E-state index is 12.4. The zero-order chi connectivity index (χ0) is 18.5. The van der Waals surface area contributed by atoms with Crippen LogP contribution in [0.2, 0.25) is 0 Å². The number of benzene rings is 1. The standard InChI is InChI=1S/C21H29N3OS/c1-16-6-7-19(13-17(16)2)18(3)22-21(25)15-24-10-8-23(9-11-24)14-20-5-4-12-26-20/h4-7,12-13,18H,8-11,14-15H2,1-3H3,(H,22,25). The van der Waals surface area contributed by atoms with E-state index in [-0.39, 0.29) is 11.9 Å². The van der Waals surface area contributed by atoms with Gasteiger partial charge in [0, 0.05) is 37.6 Å². The van der Waals surface area contributed by atoms with E-state index in [0.717, 1.165) is 32.7 Å². The molecule has 1 amide bonds. The van der Waals surface area contributed by atoms with E-state index in [1.165, 1.54) is 21.6 Å². The van der Waals surface area contributed by atoms with E-state index in [9.17, 15) is 4.79 Å². The molecule has 3 rings (SSSR count). The first kappa shape index (κ1) is 19.1. The summed E-state index contributed by atoms with van der Waals surface area (Å²) in [7, 11) is 0. The summed E-state index contributed by atoms with van der Waals surface area (Å²) in [6.45, 7) is 11.8. The lowest BCUT2D eigenvalue weighted by molar-refractivity contribution is -0.123. The van der Waals surface area contributed by atoms with Crippen molar-refractivity contribution in [3.63, 3.8) is 0 Å². The summed E-state index contributed by atoms with van der Waals surface area (Å²) in [6.07, 6.45) is 0. The molecule has 1 saturated heterocycles. The van der Waals surface area contributed by atoms with Gasteiger partial charge in [-0.3, -0.25) is 14.6 Å². The molecule has 0 bridgehead atoms. The Morgan fingerprint density at radius 2 is 1.85 bits per heavy atom. The average molecular weight is 372 g/mol. The average Bonchev–Trinajstić information content (AvgIpc) is 3.12. The zero-order valence-corrected chi connectivity index (χ0v) is 16.8. The molecular formula is C21H29N3OS. The molecule has 1 aromatic carbocycles. The van der Waals surface area contributed by atoms with Gasteiger partial charge in [0.05, 0.1) is 12.6 Å². The summed E-state index contributed by atoms with van der Waals surface area (Å²) in [5.41, 5.74) is 3.72. The lowest BCUT2D eigenvalue weighted by Gasteiger charge is -2.34. The third kappa shape index (κ3) is 5.16. The largest absolute Gasteiger partial charge is 0.348 e. The highest BCUT2D eigenvalue weighted by Crippen LogP contribution is 2.17. The van der Waals surface area contributed by atoms with Crippen molar-refractivity contribution in [2.45, 2.75) is 33.4 Å². The van der Waals surface area contributed by atoms with Gasteiger partial charge in [0.15, 0.2) is 0 Å². The van der Waals surface area contributed by atoms with Crippen LogP contribution in [0.3, 0.4) is 0 Å². The number of amides is 1. The number of carbonyl (C=O) groups excluding carboxylic acids is 1. The molecule has 2 heterocycles. The van der Waals surface area contributed by atoms with Gasteiger partial charge in [0.1, 0.15) is 0 Å². The Bertz CT molecular complexity index is 721. The van der Waals surface area contributed by atoms with Crippen molar-refractivity contribution in [1.29, 1.82) is 0 Å². The number of aryl methyl sites for hydroxylation is 2. The van der Waals surface area contributed by atoms with Gasteiger partial charge in [-0.15, -0.1) is 11.3 Å². The van der Waals surface area contributed by atoms with Gasteiger partial charge in [-0.1, -0.05) is 24.3 Å². The molecule has 2 aromatic rings. The van der Waals surface area contributed by atoms with Gasteiger partial charge in [-0.25, -0.2) is 0 Å². The Hall–Kier alpha value is -1.69. The van der Waals surface area contributed by atoms with E-state index in [4.69, 9.17) is 0 Å². The van der Waals surface area contributed by atoms with Crippen LogP contribution in [0.4, 0.5) is 0 Å². The molecule has 1 aliphatic rings. The quantitative estimate of drug-likeness (QED) is 0.846. The van der Waals surface area contributed by atoms with Crippen LogP contribution in [0, 0.1) is 13.8 Å². The van der Waals surface area contributed by atoms with Gasteiger partial charge in [-0.2, -0.15) is 0 Å². The monoisotopic (exact) mass is 371 g/mol. The molecule has 0 saturated carbocycles. The van der Waals surface area contributed by atoms with Crippen LogP contribution < -0.4 is 5.32 Å². The molecular weight excluding hydrogens is 342 g/mol. The highest BCUT2D eigenvalue weighted by Gasteiger charge is 2.20. The topological polar surface area (TPSA) is 35.6 Å². The minimum atomic E-state index is 0.0434. The van der Waals surface area contributed by atoms with E-state index < -0.39 is 0 Å². The first-order chi connectivity index (χ1) is 12.5. The second-order valence-electron chi connectivity index (χ2n) is 7.26. The minimum Gasteiger partial charge on any atom is -0.348 e. The van der Waals surface area contributed by atoms with Crippen LogP contribution in [0.25, 0.3) is 0 Å². The summed E-state index contributed by atoms with van der Waals surface area (Å²) in [6, 6.07) is 10.7. The van der Waals surface area contributed by atoms with Crippen LogP contribution in [0.1, 0.15) is 34.5 Å². The van der Waals surface area contributed by atoms with Crippen molar-refractivity contribution in [1.82, 2.24) is 15.1 Å². The van der Waals surface area contributed by atoms with E-state index in [0.29, 0.717) is 6.54 Å². The second kappa shape index (κ2) is 8.80. The van der Waals surface area contributed by atoms with Crippen molar-refractivity contribution < 1.29 is 4.79 Å². The molecule has 1 aliphatic heterocycles. The fourth-order valence-electron chi connectivity index (χ4n) is 3.34. The molecule has 0 spiro atoms. The van der Waals surface area contributed by atoms with Crippen LogP contribution >= 0.6 is 11.3 Å². The first-order valence-electron chi connectivity index (χ1n) is 9.35. The Morgan fingerprint density at radius 3 is 2.50 bits per heavy atom. The van der Waals surface area contributed by atoms with Crippen molar-refractivity contribution in [2.75, 3.05) is 32.7 Å². The molecule has 26 heavy (non-hydrogen) atoms. The Kier molecular flexibility index (Phi) is 6.46. The number of nitrogens with zero attached hydrogens (tertiary/aromatic N) is 2. The number of nitrogens with one attached hydrogen (secondary N) is 1. The fraction of sp³-hybridized carbons (Fsp3) is 0.476. The second-order valence-corrected chi connectivity index (χ2v) is 8.30. The van der Waals surface area contributed by atoms with Gasteiger partial charge in [-0.05, 0) is 48.9 Å². The molecule has 1 atom stereocenters.